The lowest BCUT2D eigenvalue weighted by molar-refractivity contribution is 0.0842. The molecular formula is C25H45N. The fourth-order valence-electron chi connectivity index (χ4n) is 5.82. The van der Waals surface area contributed by atoms with Crippen LogP contribution in [0.3, 0.4) is 0 Å². The summed E-state index contributed by atoms with van der Waals surface area (Å²) in [6, 6.07) is 2.86. The topological polar surface area (TPSA) is 23.8 Å². The standard InChI is InChI=1S/C25H45N/c1-3-5-7-8-10-12-23-17-19-25(21-26,20-18-23)24-15-13-22(14-16-24)11-9-6-4-2/h22-24H,3-20H2,1-2H3/t22?,23-,24?,25-. The fourth-order valence-corrected chi connectivity index (χ4v) is 5.82. The molecule has 0 radical (unpaired) electrons. The first-order chi connectivity index (χ1) is 12.7. The molecule has 0 bridgehead atoms. The molecule has 0 amide bonds. The average molecular weight is 360 g/mol. The summed E-state index contributed by atoms with van der Waals surface area (Å²) in [5.41, 5.74) is 0.0487. The Morgan fingerprint density at radius 3 is 1.77 bits per heavy atom. The lowest BCUT2D eigenvalue weighted by Gasteiger charge is -2.43. The molecule has 0 aromatic rings. The lowest BCUT2D eigenvalue weighted by Crippen LogP contribution is -2.36. The van der Waals surface area contributed by atoms with Crippen LogP contribution < -0.4 is 0 Å². The van der Waals surface area contributed by atoms with E-state index in [1.54, 1.807) is 0 Å². The summed E-state index contributed by atoms with van der Waals surface area (Å²) in [6.45, 7) is 4.59. The summed E-state index contributed by atoms with van der Waals surface area (Å²) in [5.74, 6) is 2.59. The molecule has 0 heterocycles. The van der Waals surface area contributed by atoms with E-state index < -0.39 is 0 Å². The molecule has 0 N–H and O–H groups in total. The van der Waals surface area contributed by atoms with Crippen molar-refractivity contribution in [2.45, 2.75) is 129 Å². The number of rotatable bonds is 11. The minimum Gasteiger partial charge on any atom is -0.198 e. The van der Waals surface area contributed by atoms with E-state index in [9.17, 15) is 5.26 Å². The van der Waals surface area contributed by atoms with E-state index in [1.165, 1.54) is 116 Å². The van der Waals surface area contributed by atoms with Gasteiger partial charge in [0.1, 0.15) is 0 Å². The Balaban J connectivity index is 1.69. The van der Waals surface area contributed by atoms with Crippen molar-refractivity contribution >= 4 is 0 Å². The maximum Gasteiger partial charge on any atom is 0.0692 e. The Kier molecular flexibility index (Phi) is 10.1. The van der Waals surface area contributed by atoms with Gasteiger partial charge in [-0.25, -0.2) is 0 Å². The monoisotopic (exact) mass is 359 g/mol. The van der Waals surface area contributed by atoms with Crippen molar-refractivity contribution in [3.8, 4) is 6.07 Å². The second kappa shape index (κ2) is 12.0. The van der Waals surface area contributed by atoms with Crippen molar-refractivity contribution in [1.29, 1.82) is 5.26 Å². The molecule has 2 aliphatic rings. The summed E-state index contributed by atoms with van der Waals surface area (Å²) in [7, 11) is 0. The Bertz CT molecular complexity index is 391. The average Bonchev–Trinajstić information content (AvgIpc) is 2.69. The molecule has 2 rings (SSSR count). The van der Waals surface area contributed by atoms with Gasteiger partial charge in [-0.15, -0.1) is 0 Å². The van der Waals surface area contributed by atoms with Crippen LogP contribution in [0.25, 0.3) is 0 Å². The van der Waals surface area contributed by atoms with E-state index in [1.807, 2.05) is 0 Å². The third-order valence-electron chi connectivity index (χ3n) is 7.78. The summed E-state index contributed by atoms with van der Waals surface area (Å²) < 4.78 is 0. The quantitative estimate of drug-likeness (QED) is 0.339. The van der Waals surface area contributed by atoms with Crippen LogP contribution in [0.5, 0.6) is 0 Å². The Labute approximate surface area is 164 Å². The molecule has 1 nitrogen and oxygen atoms in total. The molecule has 1 heteroatoms. The molecule has 150 valence electrons. The number of hydrogen-bond acceptors (Lipinski definition) is 1. The van der Waals surface area contributed by atoms with Crippen molar-refractivity contribution in [2.75, 3.05) is 0 Å². The Morgan fingerprint density at radius 1 is 0.692 bits per heavy atom. The van der Waals surface area contributed by atoms with Crippen LogP contribution in [-0.2, 0) is 0 Å². The van der Waals surface area contributed by atoms with Gasteiger partial charge in [-0.05, 0) is 56.3 Å². The van der Waals surface area contributed by atoms with Gasteiger partial charge in [0.05, 0.1) is 11.5 Å². The summed E-state index contributed by atoms with van der Waals surface area (Å²) in [5, 5.41) is 10.0. The molecule has 2 fully saturated rings. The number of nitrogens with zero attached hydrogens (tertiary/aromatic N) is 1. The summed E-state index contributed by atoms with van der Waals surface area (Å²) in [6.07, 6.45) is 24.6. The lowest BCUT2D eigenvalue weighted by atomic mass is 9.59. The van der Waals surface area contributed by atoms with Crippen molar-refractivity contribution in [2.24, 2.45) is 23.2 Å². The van der Waals surface area contributed by atoms with E-state index >= 15 is 0 Å². The van der Waals surface area contributed by atoms with Gasteiger partial charge in [-0.2, -0.15) is 5.26 Å². The molecule has 0 atom stereocenters. The highest BCUT2D eigenvalue weighted by molar-refractivity contribution is 5.06. The molecule has 0 aromatic heterocycles. The largest absolute Gasteiger partial charge is 0.198 e. The molecule has 0 aromatic carbocycles. The Morgan fingerprint density at radius 2 is 1.19 bits per heavy atom. The molecule has 2 saturated carbocycles. The molecule has 26 heavy (non-hydrogen) atoms. The van der Waals surface area contributed by atoms with Crippen LogP contribution >= 0.6 is 0 Å². The van der Waals surface area contributed by atoms with Crippen LogP contribution in [-0.4, -0.2) is 0 Å². The molecular weight excluding hydrogens is 314 g/mol. The third kappa shape index (κ3) is 6.58. The van der Waals surface area contributed by atoms with Crippen molar-refractivity contribution in [3.05, 3.63) is 0 Å². The third-order valence-corrected chi connectivity index (χ3v) is 7.78. The molecule has 2 aliphatic carbocycles. The summed E-state index contributed by atoms with van der Waals surface area (Å²) >= 11 is 0. The van der Waals surface area contributed by atoms with Crippen molar-refractivity contribution in [3.63, 3.8) is 0 Å². The molecule has 0 saturated heterocycles. The SMILES string of the molecule is CCCCCCC[C@H]1CC[C@](C#N)(C2CCC(CCCCC)CC2)CC1. The van der Waals surface area contributed by atoms with E-state index in [4.69, 9.17) is 0 Å². The Hall–Kier alpha value is -0.510. The number of unbranched alkanes of at least 4 members (excludes halogenated alkanes) is 6. The van der Waals surface area contributed by atoms with Crippen LogP contribution in [0.15, 0.2) is 0 Å². The predicted octanol–water partition coefficient (Wildman–Crippen LogP) is 8.43. The second-order valence-corrected chi connectivity index (χ2v) is 9.63. The summed E-state index contributed by atoms with van der Waals surface area (Å²) in [4.78, 5) is 0. The van der Waals surface area contributed by atoms with E-state index in [0.29, 0.717) is 5.92 Å². The van der Waals surface area contributed by atoms with Gasteiger partial charge in [0.15, 0.2) is 0 Å². The van der Waals surface area contributed by atoms with Crippen LogP contribution in [0.4, 0.5) is 0 Å². The van der Waals surface area contributed by atoms with Crippen LogP contribution in [0.1, 0.15) is 129 Å². The van der Waals surface area contributed by atoms with Gasteiger partial charge < -0.3 is 0 Å². The van der Waals surface area contributed by atoms with Gasteiger partial charge in [0.25, 0.3) is 0 Å². The minimum atomic E-state index is 0.0487. The van der Waals surface area contributed by atoms with E-state index in [0.717, 1.165) is 11.8 Å². The van der Waals surface area contributed by atoms with Gasteiger partial charge in [-0.1, -0.05) is 90.9 Å². The normalized spacial score (nSPS) is 32.3. The maximum absolute atomic E-state index is 10.0. The minimum absolute atomic E-state index is 0.0487. The van der Waals surface area contributed by atoms with Gasteiger partial charge in [-0.3, -0.25) is 0 Å². The fraction of sp³-hybridized carbons (Fsp3) is 0.960. The maximum atomic E-state index is 10.0. The van der Waals surface area contributed by atoms with Crippen molar-refractivity contribution < 1.29 is 0 Å². The highest BCUT2D eigenvalue weighted by atomic mass is 14.5. The smallest absolute Gasteiger partial charge is 0.0692 e. The zero-order valence-corrected chi connectivity index (χ0v) is 17.9. The zero-order valence-electron chi connectivity index (χ0n) is 17.9. The second-order valence-electron chi connectivity index (χ2n) is 9.63. The van der Waals surface area contributed by atoms with Gasteiger partial charge >= 0.3 is 0 Å². The first-order valence-corrected chi connectivity index (χ1v) is 12.1. The highest BCUT2D eigenvalue weighted by Gasteiger charge is 2.43. The zero-order chi connectivity index (χ0) is 18.7. The molecule has 0 unspecified atom stereocenters. The van der Waals surface area contributed by atoms with E-state index in [2.05, 4.69) is 19.9 Å². The first kappa shape index (κ1) is 21.8. The molecule has 0 aliphatic heterocycles. The van der Waals surface area contributed by atoms with Crippen molar-refractivity contribution in [1.82, 2.24) is 0 Å². The van der Waals surface area contributed by atoms with Gasteiger partial charge in [0.2, 0.25) is 0 Å². The first-order valence-electron chi connectivity index (χ1n) is 12.1. The highest BCUT2D eigenvalue weighted by Crippen LogP contribution is 2.51. The van der Waals surface area contributed by atoms with Crippen LogP contribution in [0.2, 0.25) is 0 Å². The van der Waals surface area contributed by atoms with Gasteiger partial charge in [0, 0.05) is 0 Å². The van der Waals surface area contributed by atoms with Crippen LogP contribution in [0, 0.1) is 34.5 Å². The number of hydrogen-bond donors (Lipinski definition) is 0. The number of nitriles is 1. The molecule has 0 spiro atoms. The van der Waals surface area contributed by atoms with E-state index in [-0.39, 0.29) is 5.41 Å². The predicted molar refractivity (Wildman–Crippen MR) is 113 cm³/mol.